The monoisotopic (exact) mass is 217 g/mol. The van der Waals surface area contributed by atoms with Gasteiger partial charge in [0.05, 0.1) is 10.6 Å². The molecule has 0 saturated heterocycles. The minimum atomic E-state index is -2.71. The summed E-state index contributed by atoms with van der Waals surface area (Å²) in [4.78, 5) is 3.54. The summed E-state index contributed by atoms with van der Waals surface area (Å²) in [6, 6.07) is 1.73. The molecule has 0 amide bonds. The molecule has 14 heavy (non-hydrogen) atoms. The number of pyridine rings is 1. The first-order valence-corrected chi connectivity index (χ1v) is 4.05. The van der Waals surface area contributed by atoms with Gasteiger partial charge in [-0.15, -0.1) is 0 Å². The average Bonchev–Trinajstić information content (AvgIpc) is 2.16. The highest BCUT2D eigenvalue weighted by Gasteiger charge is 2.17. The fourth-order valence-electron chi connectivity index (χ4n) is 0.982. The van der Waals surface area contributed by atoms with Crippen LogP contribution in [0.3, 0.4) is 0 Å². The summed E-state index contributed by atoms with van der Waals surface area (Å²) in [6.45, 7) is -0.0880. The van der Waals surface area contributed by atoms with Crippen molar-refractivity contribution in [2.24, 2.45) is 5.73 Å². The van der Waals surface area contributed by atoms with Crippen LogP contribution < -0.4 is 5.73 Å². The van der Waals surface area contributed by atoms with Gasteiger partial charge in [0.1, 0.15) is 11.8 Å². The van der Waals surface area contributed by atoms with Gasteiger partial charge in [-0.25, -0.2) is 13.8 Å². The lowest BCUT2D eigenvalue weighted by Crippen LogP contribution is -2.05. The standard InChI is InChI=1S/C8H6ClF2N3/c9-7-4(1-12)6(2-13)14-3-5(7)8(10)11/h3,8H,1,12H2. The minimum Gasteiger partial charge on any atom is -0.326 e. The van der Waals surface area contributed by atoms with Crippen molar-refractivity contribution in [3.63, 3.8) is 0 Å². The smallest absolute Gasteiger partial charge is 0.266 e. The van der Waals surface area contributed by atoms with Gasteiger partial charge >= 0.3 is 0 Å². The summed E-state index contributed by atoms with van der Waals surface area (Å²) >= 11 is 5.64. The zero-order chi connectivity index (χ0) is 10.7. The predicted octanol–water partition coefficient (Wildman–Crippen LogP) is 2.00. The number of halogens is 3. The van der Waals surface area contributed by atoms with E-state index in [9.17, 15) is 8.78 Å². The van der Waals surface area contributed by atoms with E-state index in [4.69, 9.17) is 22.6 Å². The summed E-state index contributed by atoms with van der Waals surface area (Å²) in [5.74, 6) is 0. The second kappa shape index (κ2) is 4.31. The molecule has 1 rings (SSSR count). The molecule has 0 bridgehead atoms. The van der Waals surface area contributed by atoms with E-state index in [0.717, 1.165) is 6.20 Å². The maximum Gasteiger partial charge on any atom is 0.266 e. The Morgan fingerprint density at radius 3 is 2.71 bits per heavy atom. The van der Waals surface area contributed by atoms with E-state index in [2.05, 4.69) is 4.98 Å². The Morgan fingerprint density at radius 1 is 1.64 bits per heavy atom. The highest BCUT2D eigenvalue weighted by molar-refractivity contribution is 6.32. The van der Waals surface area contributed by atoms with Crippen molar-refractivity contribution in [1.29, 1.82) is 5.26 Å². The fourth-order valence-corrected chi connectivity index (χ4v) is 1.28. The molecule has 0 aliphatic carbocycles. The molecule has 74 valence electrons. The van der Waals surface area contributed by atoms with E-state index in [1.165, 1.54) is 0 Å². The number of hydrogen-bond donors (Lipinski definition) is 1. The third kappa shape index (κ3) is 1.81. The van der Waals surface area contributed by atoms with Crippen LogP contribution in [0.15, 0.2) is 6.20 Å². The molecule has 0 radical (unpaired) electrons. The summed E-state index contributed by atoms with van der Waals surface area (Å²) < 4.78 is 24.7. The molecular formula is C8H6ClF2N3. The third-order valence-corrected chi connectivity index (χ3v) is 2.13. The normalized spacial score (nSPS) is 10.3. The van der Waals surface area contributed by atoms with E-state index in [-0.39, 0.29) is 22.8 Å². The van der Waals surface area contributed by atoms with Gasteiger partial charge in [-0.1, -0.05) is 11.6 Å². The Bertz CT molecular complexity index is 387. The molecule has 0 unspecified atom stereocenters. The predicted molar refractivity (Wildman–Crippen MR) is 46.8 cm³/mol. The number of nitrogens with two attached hydrogens (primary N) is 1. The van der Waals surface area contributed by atoms with Crippen LogP contribution in [0.4, 0.5) is 8.78 Å². The van der Waals surface area contributed by atoms with E-state index in [1.54, 1.807) is 6.07 Å². The van der Waals surface area contributed by atoms with Crippen LogP contribution in [-0.2, 0) is 6.54 Å². The maximum atomic E-state index is 12.3. The van der Waals surface area contributed by atoms with Crippen LogP contribution in [0.2, 0.25) is 5.02 Å². The lowest BCUT2D eigenvalue weighted by atomic mass is 10.1. The van der Waals surface area contributed by atoms with Gasteiger partial charge in [0.2, 0.25) is 0 Å². The second-order valence-electron chi connectivity index (χ2n) is 2.47. The van der Waals surface area contributed by atoms with Crippen molar-refractivity contribution in [2.75, 3.05) is 0 Å². The lowest BCUT2D eigenvalue weighted by molar-refractivity contribution is 0.151. The number of rotatable bonds is 2. The summed E-state index contributed by atoms with van der Waals surface area (Å²) in [5, 5.41) is 8.42. The van der Waals surface area contributed by atoms with Gasteiger partial charge in [-0.3, -0.25) is 0 Å². The Morgan fingerprint density at radius 2 is 2.29 bits per heavy atom. The van der Waals surface area contributed by atoms with Crippen molar-refractivity contribution in [1.82, 2.24) is 4.98 Å². The van der Waals surface area contributed by atoms with Gasteiger partial charge in [0.15, 0.2) is 0 Å². The zero-order valence-electron chi connectivity index (χ0n) is 6.97. The molecular weight excluding hydrogens is 212 g/mol. The fraction of sp³-hybridized carbons (Fsp3) is 0.250. The first kappa shape index (κ1) is 10.8. The molecule has 0 aromatic carbocycles. The Hall–Kier alpha value is -1.25. The average molecular weight is 218 g/mol. The Labute approximate surface area is 84.1 Å². The third-order valence-electron chi connectivity index (χ3n) is 1.68. The molecule has 0 aliphatic rings. The van der Waals surface area contributed by atoms with Crippen LogP contribution in [0.5, 0.6) is 0 Å². The first-order valence-electron chi connectivity index (χ1n) is 3.67. The largest absolute Gasteiger partial charge is 0.326 e. The number of alkyl halides is 2. The molecule has 3 nitrogen and oxygen atoms in total. The highest BCUT2D eigenvalue weighted by atomic mass is 35.5. The highest BCUT2D eigenvalue weighted by Crippen LogP contribution is 2.29. The van der Waals surface area contributed by atoms with Crippen LogP contribution >= 0.6 is 11.6 Å². The quantitative estimate of drug-likeness (QED) is 0.824. The molecule has 1 aromatic heterocycles. The van der Waals surface area contributed by atoms with E-state index in [0.29, 0.717) is 0 Å². The van der Waals surface area contributed by atoms with Crippen molar-refractivity contribution >= 4 is 11.6 Å². The van der Waals surface area contributed by atoms with Gasteiger partial charge in [0.25, 0.3) is 6.43 Å². The second-order valence-corrected chi connectivity index (χ2v) is 2.85. The molecule has 2 N–H and O–H groups in total. The van der Waals surface area contributed by atoms with Crippen molar-refractivity contribution < 1.29 is 8.78 Å². The number of hydrogen-bond acceptors (Lipinski definition) is 3. The van der Waals surface area contributed by atoms with Gasteiger partial charge in [-0.2, -0.15) is 5.26 Å². The molecule has 6 heteroatoms. The van der Waals surface area contributed by atoms with Gasteiger partial charge < -0.3 is 5.73 Å². The minimum absolute atomic E-state index is 0.0121. The van der Waals surface area contributed by atoms with Crippen molar-refractivity contribution in [3.8, 4) is 6.07 Å². The SMILES string of the molecule is N#Cc1ncc(C(F)F)c(Cl)c1CN. The first-order chi connectivity index (χ1) is 6.61. The molecule has 0 atom stereocenters. The number of aromatic nitrogens is 1. The topological polar surface area (TPSA) is 62.7 Å². The van der Waals surface area contributed by atoms with E-state index in [1.807, 2.05) is 0 Å². The van der Waals surface area contributed by atoms with E-state index >= 15 is 0 Å². The van der Waals surface area contributed by atoms with E-state index < -0.39 is 12.0 Å². The summed E-state index contributed by atoms with van der Waals surface area (Å²) in [6.07, 6.45) is -1.82. The summed E-state index contributed by atoms with van der Waals surface area (Å²) in [7, 11) is 0. The van der Waals surface area contributed by atoms with Gasteiger partial charge in [0, 0.05) is 18.3 Å². The van der Waals surface area contributed by atoms with Crippen LogP contribution in [-0.4, -0.2) is 4.98 Å². The van der Waals surface area contributed by atoms with Crippen LogP contribution in [0.1, 0.15) is 23.2 Å². The van der Waals surface area contributed by atoms with Gasteiger partial charge in [-0.05, 0) is 0 Å². The number of nitrogens with zero attached hydrogens (tertiary/aromatic N) is 2. The number of nitriles is 1. The Balaban J connectivity index is 3.37. The lowest BCUT2D eigenvalue weighted by Gasteiger charge is -2.07. The molecule has 0 aliphatic heterocycles. The maximum absolute atomic E-state index is 12.3. The molecule has 1 aromatic rings. The molecule has 0 spiro atoms. The molecule has 0 fully saturated rings. The zero-order valence-corrected chi connectivity index (χ0v) is 7.72. The van der Waals surface area contributed by atoms with Crippen LogP contribution in [0.25, 0.3) is 0 Å². The van der Waals surface area contributed by atoms with Crippen molar-refractivity contribution in [2.45, 2.75) is 13.0 Å². The summed E-state index contributed by atoms with van der Waals surface area (Å²) in [5.41, 5.74) is 5.03. The molecule has 0 saturated carbocycles. The molecule has 1 heterocycles. The Kier molecular flexibility index (Phi) is 3.33. The van der Waals surface area contributed by atoms with Crippen molar-refractivity contribution in [3.05, 3.63) is 28.0 Å². The van der Waals surface area contributed by atoms with Crippen LogP contribution in [0, 0.1) is 11.3 Å².